The molecule has 1 saturated heterocycles. The van der Waals surface area contributed by atoms with Gasteiger partial charge in [-0.3, -0.25) is 24.4 Å². The zero-order chi connectivity index (χ0) is 20.4. The van der Waals surface area contributed by atoms with E-state index in [0.29, 0.717) is 36.7 Å². The van der Waals surface area contributed by atoms with E-state index in [-0.39, 0.29) is 24.3 Å². The van der Waals surface area contributed by atoms with Crippen molar-refractivity contribution in [1.29, 1.82) is 0 Å². The molecule has 1 aromatic carbocycles. The maximum atomic E-state index is 12.3. The third kappa shape index (κ3) is 4.11. The van der Waals surface area contributed by atoms with Gasteiger partial charge >= 0.3 is 0 Å². The Labute approximate surface area is 169 Å². The van der Waals surface area contributed by atoms with Gasteiger partial charge in [-0.2, -0.15) is 5.10 Å². The molecule has 1 aromatic heterocycles. The molecular weight excluding hydrogens is 372 g/mol. The third-order valence-corrected chi connectivity index (χ3v) is 5.85. The highest BCUT2D eigenvalue weighted by atomic mass is 16.5. The Morgan fingerprint density at radius 3 is 2.83 bits per heavy atom. The normalized spacial score (nSPS) is 20.1. The summed E-state index contributed by atoms with van der Waals surface area (Å²) in [6.07, 6.45) is 5.58. The Bertz CT molecular complexity index is 946. The third-order valence-electron chi connectivity index (χ3n) is 5.85. The number of amides is 3. The zero-order valence-corrected chi connectivity index (χ0v) is 16.6. The number of carbonyl (C=O) groups excluding carboxylic acids is 3. The van der Waals surface area contributed by atoms with Crippen LogP contribution in [0.1, 0.15) is 50.1 Å². The molecule has 0 radical (unpaired) electrons. The molecule has 3 amide bonds. The first kappa shape index (κ1) is 19.4. The van der Waals surface area contributed by atoms with Crippen LogP contribution in [0.15, 0.2) is 18.2 Å². The fraction of sp³-hybridized carbons (Fsp3) is 0.524. The van der Waals surface area contributed by atoms with Gasteiger partial charge in [-0.25, -0.2) is 0 Å². The van der Waals surface area contributed by atoms with Crippen LogP contribution in [0.3, 0.4) is 0 Å². The molecule has 1 aliphatic carbocycles. The lowest BCUT2D eigenvalue weighted by Crippen LogP contribution is -2.39. The Kier molecular flexibility index (Phi) is 5.51. The van der Waals surface area contributed by atoms with E-state index in [4.69, 9.17) is 4.74 Å². The highest BCUT2D eigenvalue weighted by molar-refractivity contribution is 6.03. The Morgan fingerprint density at radius 2 is 2.07 bits per heavy atom. The first-order valence-electron chi connectivity index (χ1n) is 10.2. The van der Waals surface area contributed by atoms with Crippen LogP contribution < -0.4 is 15.4 Å². The molecule has 1 atom stereocenters. The number of benzene rings is 1. The maximum absolute atomic E-state index is 12.3. The second-order valence-electron chi connectivity index (χ2n) is 7.91. The minimum atomic E-state index is -0.471. The quantitative estimate of drug-likeness (QED) is 0.722. The van der Waals surface area contributed by atoms with Crippen LogP contribution in [0.25, 0.3) is 10.9 Å². The molecule has 2 N–H and O–H groups in total. The van der Waals surface area contributed by atoms with Crippen LogP contribution in [0, 0.1) is 5.92 Å². The molecule has 4 rings (SSSR count). The molecule has 2 aromatic rings. The number of carbonyl (C=O) groups is 3. The van der Waals surface area contributed by atoms with Crippen molar-refractivity contribution >= 4 is 28.6 Å². The topological polar surface area (TPSA) is 102 Å². The first-order chi connectivity index (χ1) is 14.0. The molecule has 2 fully saturated rings. The van der Waals surface area contributed by atoms with Gasteiger partial charge in [0.25, 0.3) is 5.91 Å². The van der Waals surface area contributed by atoms with Crippen molar-refractivity contribution in [3.05, 3.63) is 23.9 Å². The highest BCUT2D eigenvalue weighted by Gasteiger charge is 2.32. The van der Waals surface area contributed by atoms with Crippen LogP contribution in [0.4, 0.5) is 0 Å². The lowest BCUT2D eigenvalue weighted by molar-refractivity contribution is -0.134. The number of para-hydroxylation sites is 1. The van der Waals surface area contributed by atoms with E-state index >= 15 is 0 Å². The van der Waals surface area contributed by atoms with Gasteiger partial charge < -0.3 is 10.1 Å². The number of piperidine rings is 1. The van der Waals surface area contributed by atoms with Crippen molar-refractivity contribution in [1.82, 2.24) is 20.4 Å². The predicted octanol–water partition coefficient (Wildman–Crippen LogP) is 1.78. The lowest BCUT2D eigenvalue weighted by atomic mass is 9.93. The molecule has 8 heteroatoms. The fourth-order valence-corrected chi connectivity index (χ4v) is 4.32. The molecule has 29 heavy (non-hydrogen) atoms. The molecule has 2 heterocycles. The molecule has 0 bridgehead atoms. The lowest BCUT2D eigenvalue weighted by Gasteiger charge is -2.19. The average molecular weight is 398 g/mol. The van der Waals surface area contributed by atoms with E-state index in [0.717, 1.165) is 10.9 Å². The Hall–Kier alpha value is -2.90. The van der Waals surface area contributed by atoms with Crippen LogP contribution in [-0.2, 0) is 21.4 Å². The van der Waals surface area contributed by atoms with Gasteiger partial charge in [-0.15, -0.1) is 0 Å². The number of ether oxygens (including phenoxy) is 1. The van der Waals surface area contributed by atoms with Crippen molar-refractivity contribution in [2.75, 3.05) is 13.2 Å². The van der Waals surface area contributed by atoms with E-state index in [1.165, 1.54) is 25.7 Å². The van der Waals surface area contributed by atoms with Gasteiger partial charge in [0.05, 0.1) is 11.6 Å². The van der Waals surface area contributed by atoms with Gasteiger partial charge in [-0.1, -0.05) is 25.0 Å². The number of fused-ring (bicyclic) bond motifs is 1. The SMILES string of the molecule is Cn1nc(C2CCC(=O)NC2=O)c2cccc(OCC(=O)NCC3CCCC3)c21. The second-order valence-corrected chi connectivity index (χ2v) is 7.91. The highest BCUT2D eigenvalue weighted by Crippen LogP contribution is 2.34. The molecule has 2 aliphatic rings. The number of nitrogens with zero attached hydrogens (tertiary/aromatic N) is 2. The monoisotopic (exact) mass is 398 g/mol. The van der Waals surface area contributed by atoms with E-state index in [9.17, 15) is 14.4 Å². The minimum Gasteiger partial charge on any atom is -0.482 e. The summed E-state index contributed by atoms with van der Waals surface area (Å²) in [5, 5.41) is 10.7. The largest absolute Gasteiger partial charge is 0.482 e. The number of nitrogens with one attached hydrogen (secondary N) is 2. The fourth-order valence-electron chi connectivity index (χ4n) is 4.32. The summed E-state index contributed by atoms with van der Waals surface area (Å²) >= 11 is 0. The zero-order valence-electron chi connectivity index (χ0n) is 16.6. The summed E-state index contributed by atoms with van der Waals surface area (Å²) in [4.78, 5) is 35.9. The van der Waals surface area contributed by atoms with Crippen molar-refractivity contribution in [2.45, 2.75) is 44.4 Å². The standard InChI is InChI=1S/C21H26N4O4/c1-25-20-14(19(24-25)15-9-10-17(26)23-21(15)28)7-4-8-16(20)29-12-18(27)22-11-13-5-2-3-6-13/h4,7-8,13,15H,2-3,5-6,9-12H2,1H3,(H,22,27)(H,23,26,28). The maximum Gasteiger partial charge on any atom is 0.257 e. The molecule has 1 saturated carbocycles. The smallest absolute Gasteiger partial charge is 0.257 e. The van der Waals surface area contributed by atoms with Crippen LogP contribution in [0.5, 0.6) is 5.75 Å². The van der Waals surface area contributed by atoms with E-state index in [2.05, 4.69) is 15.7 Å². The molecule has 1 aliphatic heterocycles. The molecule has 154 valence electrons. The number of imide groups is 1. The van der Waals surface area contributed by atoms with Crippen molar-refractivity contribution in [2.24, 2.45) is 13.0 Å². The summed E-state index contributed by atoms with van der Waals surface area (Å²) in [6.45, 7) is 0.641. The molecule has 1 unspecified atom stereocenters. The van der Waals surface area contributed by atoms with E-state index < -0.39 is 5.92 Å². The Morgan fingerprint density at radius 1 is 1.28 bits per heavy atom. The number of aromatic nitrogens is 2. The molecule has 8 nitrogen and oxygen atoms in total. The average Bonchev–Trinajstić information content (AvgIpc) is 3.33. The van der Waals surface area contributed by atoms with E-state index in [1.54, 1.807) is 17.8 Å². The molecular formula is C21H26N4O4. The van der Waals surface area contributed by atoms with Gasteiger partial charge in [0.1, 0.15) is 11.3 Å². The van der Waals surface area contributed by atoms with E-state index in [1.807, 2.05) is 12.1 Å². The molecule has 0 spiro atoms. The summed E-state index contributed by atoms with van der Waals surface area (Å²) in [5.41, 5.74) is 1.36. The number of hydrogen-bond donors (Lipinski definition) is 2. The predicted molar refractivity (Wildman–Crippen MR) is 106 cm³/mol. The first-order valence-corrected chi connectivity index (χ1v) is 10.2. The van der Waals surface area contributed by atoms with Gasteiger partial charge in [0, 0.05) is 25.4 Å². The number of hydrogen-bond acceptors (Lipinski definition) is 5. The summed E-state index contributed by atoms with van der Waals surface area (Å²) in [5.74, 6) is -0.0524. The van der Waals surface area contributed by atoms with Crippen molar-refractivity contribution in [3.8, 4) is 5.75 Å². The minimum absolute atomic E-state index is 0.0647. The van der Waals surface area contributed by atoms with Crippen LogP contribution >= 0.6 is 0 Å². The number of aryl methyl sites for hydroxylation is 1. The van der Waals surface area contributed by atoms with Gasteiger partial charge in [-0.05, 0) is 31.2 Å². The Balaban J connectivity index is 1.47. The van der Waals surface area contributed by atoms with Crippen molar-refractivity contribution in [3.63, 3.8) is 0 Å². The van der Waals surface area contributed by atoms with Crippen LogP contribution in [0.2, 0.25) is 0 Å². The summed E-state index contributed by atoms with van der Waals surface area (Å²) < 4.78 is 7.46. The summed E-state index contributed by atoms with van der Waals surface area (Å²) in [6, 6.07) is 5.50. The van der Waals surface area contributed by atoms with Crippen LogP contribution in [-0.4, -0.2) is 40.7 Å². The summed E-state index contributed by atoms with van der Waals surface area (Å²) in [7, 11) is 1.78. The van der Waals surface area contributed by atoms with Crippen molar-refractivity contribution < 1.29 is 19.1 Å². The second kappa shape index (κ2) is 8.23. The van der Waals surface area contributed by atoms with Gasteiger partial charge in [0.2, 0.25) is 11.8 Å². The number of rotatable bonds is 6. The van der Waals surface area contributed by atoms with Gasteiger partial charge in [0.15, 0.2) is 6.61 Å².